The molecule has 1 fully saturated rings. The van der Waals surface area contributed by atoms with Crippen molar-refractivity contribution >= 4 is 54.9 Å². The lowest BCUT2D eigenvalue weighted by molar-refractivity contribution is 0.438. The molecule has 1 N–H and O–H groups in total. The Bertz CT molecular complexity index is 1340. The van der Waals surface area contributed by atoms with Crippen LogP contribution < -0.4 is 10.2 Å². The van der Waals surface area contributed by atoms with Crippen molar-refractivity contribution in [1.82, 2.24) is 10.3 Å². The molecule has 166 valence electrons. The van der Waals surface area contributed by atoms with E-state index in [0.29, 0.717) is 26.7 Å². The van der Waals surface area contributed by atoms with Gasteiger partial charge in [-0.15, -0.1) is 0 Å². The van der Waals surface area contributed by atoms with E-state index in [9.17, 15) is 4.39 Å². The van der Waals surface area contributed by atoms with E-state index in [1.54, 1.807) is 24.4 Å². The molecule has 0 saturated carbocycles. The van der Waals surface area contributed by atoms with E-state index in [1.165, 1.54) is 6.07 Å². The first-order valence-corrected chi connectivity index (χ1v) is 12.2. The van der Waals surface area contributed by atoms with Crippen molar-refractivity contribution in [3.05, 3.63) is 105 Å². The number of nitrogens with one attached hydrogen (secondary N) is 1. The summed E-state index contributed by atoms with van der Waals surface area (Å²) in [6.07, 6.45) is 1.76. The molecule has 5 rings (SSSR count). The van der Waals surface area contributed by atoms with E-state index in [1.807, 2.05) is 48.2 Å². The highest BCUT2D eigenvalue weighted by Gasteiger charge is 2.42. The molecule has 3 heterocycles. The van der Waals surface area contributed by atoms with Gasteiger partial charge in [-0.25, -0.2) is 4.39 Å². The molecule has 1 saturated heterocycles. The van der Waals surface area contributed by atoms with Crippen LogP contribution in [0.25, 0.3) is 11.3 Å². The fourth-order valence-electron chi connectivity index (χ4n) is 4.05. The number of furan rings is 1. The lowest BCUT2D eigenvalue weighted by atomic mass is 10.0. The highest BCUT2D eigenvalue weighted by Crippen LogP contribution is 2.43. The summed E-state index contributed by atoms with van der Waals surface area (Å²) < 4.78 is 22.5. The zero-order valence-electron chi connectivity index (χ0n) is 17.4. The highest BCUT2D eigenvalue weighted by molar-refractivity contribution is 9.10. The predicted octanol–water partition coefficient (Wildman–Crippen LogP) is 7.49. The number of hydrogen-bond donors (Lipinski definition) is 1. The normalized spacial score (nSPS) is 17.9. The van der Waals surface area contributed by atoms with Gasteiger partial charge in [0.2, 0.25) is 0 Å². The molecule has 0 amide bonds. The third kappa shape index (κ3) is 4.23. The Kier molecular flexibility index (Phi) is 6.07. The van der Waals surface area contributed by atoms with Gasteiger partial charge < -0.3 is 14.6 Å². The Hall–Kier alpha value is -2.55. The van der Waals surface area contributed by atoms with Crippen LogP contribution in [0.5, 0.6) is 0 Å². The minimum absolute atomic E-state index is 0.239. The fraction of sp³-hybridized carbons (Fsp3) is 0.120. The Labute approximate surface area is 213 Å². The molecular formula is C25H18Br2FN3OS. The molecule has 0 spiro atoms. The average molecular weight is 587 g/mol. The number of thiocarbonyl (C=S) groups is 1. The molecule has 0 bridgehead atoms. The van der Waals surface area contributed by atoms with E-state index in [0.717, 1.165) is 21.4 Å². The first kappa shape index (κ1) is 22.3. The van der Waals surface area contributed by atoms with Crippen LogP contribution in [0, 0.1) is 12.7 Å². The van der Waals surface area contributed by atoms with Crippen molar-refractivity contribution in [2.24, 2.45) is 0 Å². The molecule has 2 aromatic carbocycles. The molecule has 2 aromatic heterocycles. The van der Waals surface area contributed by atoms with Crippen molar-refractivity contribution in [3.8, 4) is 11.3 Å². The molecule has 4 aromatic rings. The van der Waals surface area contributed by atoms with Crippen LogP contribution >= 0.6 is 44.1 Å². The van der Waals surface area contributed by atoms with Crippen molar-refractivity contribution < 1.29 is 8.81 Å². The van der Waals surface area contributed by atoms with Crippen LogP contribution in [0.15, 0.2) is 86.3 Å². The van der Waals surface area contributed by atoms with Gasteiger partial charge in [0.25, 0.3) is 0 Å². The number of anilines is 1. The second-order valence-electron chi connectivity index (χ2n) is 7.76. The molecule has 0 aliphatic carbocycles. The van der Waals surface area contributed by atoms with Crippen LogP contribution in [0.4, 0.5) is 10.1 Å². The summed E-state index contributed by atoms with van der Waals surface area (Å²) in [5.74, 6) is 0.766. The number of benzene rings is 2. The van der Waals surface area contributed by atoms with Crippen LogP contribution in [0.3, 0.4) is 0 Å². The molecule has 0 unspecified atom stereocenters. The van der Waals surface area contributed by atoms with Crippen LogP contribution in [-0.4, -0.2) is 10.1 Å². The number of nitrogens with zero attached hydrogens (tertiary/aromatic N) is 2. The largest absolute Gasteiger partial charge is 0.459 e. The van der Waals surface area contributed by atoms with Gasteiger partial charge in [0.15, 0.2) is 5.11 Å². The van der Waals surface area contributed by atoms with Crippen molar-refractivity contribution in [2.45, 2.75) is 19.0 Å². The van der Waals surface area contributed by atoms with Gasteiger partial charge in [-0.05, 0) is 85.4 Å². The number of pyridine rings is 1. The van der Waals surface area contributed by atoms with E-state index < -0.39 is 0 Å². The van der Waals surface area contributed by atoms with Gasteiger partial charge in [0, 0.05) is 20.8 Å². The van der Waals surface area contributed by atoms with Crippen LogP contribution in [0.1, 0.15) is 29.1 Å². The molecule has 8 heteroatoms. The molecule has 2 atom stereocenters. The molecule has 1 aliphatic rings. The summed E-state index contributed by atoms with van der Waals surface area (Å²) >= 11 is 12.6. The van der Waals surface area contributed by atoms with Gasteiger partial charge in [0.05, 0.1) is 17.3 Å². The number of hydrogen-bond acceptors (Lipinski definition) is 3. The number of rotatable bonds is 4. The van der Waals surface area contributed by atoms with Crippen LogP contribution in [0.2, 0.25) is 0 Å². The van der Waals surface area contributed by atoms with Gasteiger partial charge in [0.1, 0.15) is 23.4 Å². The first-order valence-electron chi connectivity index (χ1n) is 10.2. The van der Waals surface area contributed by atoms with Crippen molar-refractivity contribution in [3.63, 3.8) is 0 Å². The number of halogens is 3. The first-order chi connectivity index (χ1) is 15.9. The SMILES string of the molecule is Cc1cc(N2C(=S)N[C@@H](c3ccccn3)[C@@H]2c2ccc(-c3ccc(Br)cc3F)o2)ccc1Br. The second kappa shape index (κ2) is 9.00. The van der Waals surface area contributed by atoms with E-state index in [-0.39, 0.29) is 17.9 Å². The summed E-state index contributed by atoms with van der Waals surface area (Å²) in [7, 11) is 0. The molecule has 4 nitrogen and oxygen atoms in total. The minimum Gasteiger partial charge on any atom is -0.459 e. The maximum absolute atomic E-state index is 14.6. The summed E-state index contributed by atoms with van der Waals surface area (Å²) in [5.41, 5.74) is 3.27. The summed E-state index contributed by atoms with van der Waals surface area (Å²) in [6, 6.07) is 19.9. The summed E-state index contributed by atoms with van der Waals surface area (Å²) in [6.45, 7) is 2.03. The standard InChI is InChI=1S/C25H18Br2FN3OS/c1-14-12-16(6-8-18(14)27)31-24(23(30-25(31)33)20-4-2-3-11-29-20)22-10-9-21(32-22)17-7-5-15(26)13-19(17)28/h2-13,23-24H,1H3,(H,30,33)/t23-,24-/m0/s1. The lowest BCUT2D eigenvalue weighted by Gasteiger charge is -2.26. The second-order valence-corrected chi connectivity index (χ2v) is 9.91. The summed E-state index contributed by atoms with van der Waals surface area (Å²) in [4.78, 5) is 6.59. The van der Waals surface area contributed by atoms with E-state index in [4.69, 9.17) is 16.6 Å². The maximum Gasteiger partial charge on any atom is 0.174 e. The van der Waals surface area contributed by atoms with E-state index >= 15 is 0 Å². The average Bonchev–Trinajstić information content (AvgIpc) is 3.41. The van der Waals surface area contributed by atoms with Gasteiger partial charge >= 0.3 is 0 Å². The Balaban J connectivity index is 1.61. The Morgan fingerprint density at radius 1 is 1.06 bits per heavy atom. The Morgan fingerprint density at radius 3 is 2.64 bits per heavy atom. The molecular weight excluding hydrogens is 569 g/mol. The summed E-state index contributed by atoms with van der Waals surface area (Å²) in [5, 5.41) is 3.99. The zero-order chi connectivity index (χ0) is 23.1. The number of aryl methyl sites for hydroxylation is 1. The van der Waals surface area contributed by atoms with Crippen molar-refractivity contribution in [1.29, 1.82) is 0 Å². The van der Waals surface area contributed by atoms with E-state index in [2.05, 4.69) is 48.2 Å². The third-order valence-corrected chi connectivity index (χ3v) is 7.33. The molecule has 0 radical (unpaired) electrons. The van der Waals surface area contributed by atoms with Gasteiger partial charge in [-0.2, -0.15) is 0 Å². The molecule has 1 aliphatic heterocycles. The topological polar surface area (TPSA) is 41.3 Å². The quantitative estimate of drug-likeness (QED) is 0.251. The van der Waals surface area contributed by atoms with Crippen LogP contribution in [-0.2, 0) is 0 Å². The van der Waals surface area contributed by atoms with Gasteiger partial charge in [-0.3, -0.25) is 4.98 Å². The zero-order valence-corrected chi connectivity index (χ0v) is 21.4. The van der Waals surface area contributed by atoms with Crippen molar-refractivity contribution in [2.75, 3.05) is 4.90 Å². The Morgan fingerprint density at radius 2 is 1.91 bits per heavy atom. The smallest absolute Gasteiger partial charge is 0.174 e. The molecule has 33 heavy (non-hydrogen) atoms. The monoisotopic (exact) mass is 585 g/mol. The number of aromatic nitrogens is 1. The maximum atomic E-state index is 14.6. The predicted molar refractivity (Wildman–Crippen MR) is 139 cm³/mol. The third-order valence-electron chi connectivity index (χ3n) is 5.63. The highest BCUT2D eigenvalue weighted by atomic mass is 79.9. The van der Waals surface area contributed by atoms with Gasteiger partial charge in [-0.1, -0.05) is 37.9 Å². The fourth-order valence-corrected chi connectivity index (χ4v) is 4.97. The minimum atomic E-state index is -0.355. The lowest BCUT2D eigenvalue weighted by Crippen LogP contribution is -2.29.